The van der Waals surface area contributed by atoms with Crippen LogP contribution in [-0.2, 0) is 4.74 Å². The first kappa shape index (κ1) is 14.8. The number of aliphatic hydroxyl groups excluding tert-OH is 3. The van der Waals surface area contributed by atoms with E-state index in [1.807, 2.05) is 0 Å². The number of hydrogen-bond acceptors (Lipinski definition) is 7. The van der Waals surface area contributed by atoms with Gasteiger partial charge in [0.25, 0.3) is 0 Å². The minimum absolute atomic E-state index is 0.153. The van der Waals surface area contributed by atoms with Crippen LogP contribution in [0.2, 0.25) is 0 Å². The molecule has 1 aliphatic rings. The maximum absolute atomic E-state index is 13.9. The Labute approximate surface area is 111 Å². The molecule has 0 amide bonds. The molecule has 0 radical (unpaired) electrons. The van der Waals surface area contributed by atoms with Gasteiger partial charge in [-0.25, -0.2) is 4.79 Å². The highest BCUT2D eigenvalue weighted by molar-refractivity contribution is 5.23. The number of nitrogen functional groups attached to an aromatic ring is 1. The van der Waals surface area contributed by atoms with Gasteiger partial charge in [0.05, 0.1) is 6.61 Å². The molecule has 2 rings (SSSR count). The fourth-order valence-electron chi connectivity index (χ4n) is 1.94. The standard InChI is InChI=1S/C10H13F2N3O5/c11-10(12)7(18)6(4(17)3-16)20-8(10)15-2-1-5(13)14-9(15)19/h1-2,4,6-8,16-18H,3H2,(H2,13,14,19). The van der Waals surface area contributed by atoms with Crippen LogP contribution < -0.4 is 11.4 Å². The number of anilines is 1. The first-order valence-electron chi connectivity index (χ1n) is 5.64. The van der Waals surface area contributed by atoms with E-state index in [2.05, 4.69) is 4.98 Å². The minimum atomic E-state index is -3.84. The van der Waals surface area contributed by atoms with E-state index >= 15 is 0 Å². The lowest BCUT2D eigenvalue weighted by atomic mass is 10.1. The van der Waals surface area contributed by atoms with Gasteiger partial charge in [-0.15, -0.1) is 0 Å². The predicted molar refractivity (Wildman–Crippen MR) is 60.9 cm³/mol. The average molecular weight is 293 g/mol. The van der Waals surface area contributed by atoms with Crippen LogP contribution >= 0.6 is 0 Å². The van der Waals surface area contributed by atoms with E-state index in [-0.39, 0.29) is 5.82 Å². The summed E-state index contributed by atoms with van der Waals surface area (Å²) < 4.78 is 33.1. The van der Waals surface area contributed by atoms with Crippen LogP contribution in [0.4, 0.5) is 14.6 Å². The fraction of sp³-hybridized carbons (Fsp3) is 0.600. The summed E-state index contributed by atoms with van der Waals surface area (Å²) in [5.41, 5.74) is 4.16. The van der Waals surface area contributed by atoms with Crippen molar-refractivity contribution in [3.63, 3.8) is 0 Å². The second kappa shape index (κ2) is 5.05. The van der Waals surface area contributed by atoms with Crippen LogP contribution in [0.5, 0.6) is 0 Å². The number of aliphatic hydroxyl groups is 3. The fourth-order valence-corrected chi connectivity index (χ4v) is 1.94. The molecule has 8 nitrogen and oxygen atoms in total. The Hall–Kier alpha value is -1.62. The molecule has 0 aromatic carbocycles. The van der Waals surface area contributed by atoms with Crippen molar-refractivity contribution >= 4 is 5.82 Å². The minimum Gasteiger partial charge on any atom is -0.394 e. The molecule has 4 atom stereocenters. The molecule has 2 heterocycles. The van der Waals surface area contributed by atoms with Gasteiger partial charge in [0, 0.05) is 6.20 Å². The second-order valence-corrected chi connectivity index (χ2v) is 4.36. The molecule has 0 aliphatic carbocycles. The molecule has 1 aromatic rings. The second-order valence-electron chi connectivity index (χ2n) is 4.36. The van der Waals surface area contributed by atoms with Crippen LogP contribution in [0, 0.1) is 0 Å². The maximum Gasteiger partial charge on any atom is 0.351 e. The smallest absolute Gasteiger partial charge is 0.351 e. The maximum atomic E-state index is 13.9. The highest BCUT2D eigenvalue weighted by Gasteiger charge is 2.61. The predicted octanol–water partition coefficient (Wildman–Crippen LogP) is -1.93. The molecule has 1 saturated heterocycles. The zero-order valence-electron chi connectivity index (χ0n) is 10.1. The number of nitrogens with two attached hydrogens (primary N) is 1. The van der Waals surface area contributed by atoms with Crippen LogP contribution in [-0.4, -0.2) is 55.7 Å². The van der Waals surface area contributed by atoms with Crippen LogP contribution in [0.3, 0.4) is 0 Å². The first-order valence-corrected chi connectivity index (χ1v) is 5.64. The highest BCUT2D eigenvalue weighted by Crippen LogP contribution is 2.43. The monoisotopic (exact) mass is 293 g/mol. The Bertz CT molecular complexity index is 552. The molecule has 0 spiro atoms. The number of alkyl halides is 2. The normalized spacial score (nSPS) is 30.4. The van der Waals surface area contributed by atoms with Gasteiger partial charge in [-0.2, -0.15) is 13.8 Å². The number of ether oxygens (including phenoxy) is 1. The van der Waals surface area contributed by atoms with E-state index in [1.54, 1.807) is 0 Å². The van der Waals surface area contributed by atoms with Crippen molar-refractivity contribution in [2.45, 2.75) is 30.5 Å². The van der Waals surface area contributed by atoms with Crippen molar-refractivity contribution in [3.8, 4) is 0 Å². The summed E-state index contributed by atoms with van der Waals surface area (Å²) >= 11 is 0. The number of hydrogen-bond donors (Lipinski definition) is 4. The van der Waals surface area contributed by atoms with E-state index in [0.717, 1.165) is 12.3 Å². The first-order chi connectivity index (χ1) is 9.28. The zero-order chi connectivity index (χ0) is 15.1. The third-order valence-electron chi connectivity index (χ3n) is 2.99. The SMILES string of the molecule is Nc1ccn(C2OC(C(O)CO)C(O)C2(F)F)c(=O)n1. The lowest BCUT2D eigenvalue weighted by Gasteiger charge is -2.21. The van der Waals surface area contributed by atoms with Crippen LogP contribution in [0.15, 0.2) is 17.1 Å². The molecule has 5 N–H and O–H groups in total. The highest BCUT2D eigenvalue weighted by atomic mass is 19.3. The van der Waals surface area contributed by atoms with E-state index in [4.69, 9.17) is 15.6 Å². The Morgan fingerprint density at radius 1 is 1.60 bits per heavy atom. The van der Waals surface area contributed by atoms with Gasteiger partial charge in [-0.3, -0.25) is 4.57 Å². The van der Waals surface area contributed by atoms with E-state index in [9.17, 15) is 23.8 Å². The van der Waals surface area contributed by atoms with Crippen molar-refractivity contribution in [3.05, 3.63) is 22.7 Å². The lowest BCUT2D eigenvalue weighted by molar-refractivity contribution is -0.141. The molecule has 20 heavy (non-hydrogen) atoms. The van der Waals surface area contributed by atoms with Gasteiger partial charge in [-0.1, -0.05) is 0 Å². The third-order valence-corrected chi connectivity index (χ3v) is 2.99. The molecule has 1 aromatic heterocycles. The van der Waals surface area contributed by atoms with Crippen LogP contribution in [0.1, 0.15) is 6.23 Å². The van der Waals surface area contributed by atoms with Crippen molar-refractivity contribution in [2.24, 2.45) is 0 Å². The molecule has 10 heteroatoms. The lowest BCUT2D eigenvalue weighted by Crippen LogP contribution is -2.44. The molecule has 4 unspecified atom stereocenters. The molecular weight excluding hydrogens is 280 g/mol. The molecular formula is C10H13F2N3O5. The summed E-state index contributed by atoms with van der Waals surface area (Å²) in [6.45, 7) is -0.876. The van der Waals surface area contributed by atoms with Gasteiger partial charge in [0.2, 0.25) is 6.23 Å². The van der Waals surface area contributed by atoms with Crippen LogP contribution in [0.25, 0.3) is 0 Å². The Morgan fingerprint density at radius 2 is 2.25 bits per heavy atom. The van der Waals surface area contributed by atoms with Crippen molar-refractivity contribution in [1.29, 1.82) is 0 Å². The Balaban J connectivity index is 2.39. The van der Waals surface area contributed by atoms with Gasteiger partial charge >= 0.3 is 11.6 Å². The topological polar surface area (TPSA) is 131 Å². The molecule has 0 bridgehead atoms. The summed E-state index contributed by atoms with van der Waals surface area (Å²) in [5.74, 6) is -4.00. The summed E-state index contributed by atoms with van der Waals surface area (Å²) in [5, 5.41) is 27.6. The zero-order valence-corrected chi connectivity index (χ0v) is 10.1. The molecule has 1 aliphatic heterocycles. The summed E-state index contributed by atoms with van der Waals surface area (Å²) in [6, 6.07) is 1.11. The largest absolute Gasteiger partial charge is 0.394 e. The Kier molecular flexibility index (Phi) is 3.73. The molecule has 112 valence electrons. The number of halogens is 2. The van der Waals surface area contributed by atoms with Crippen molar-refractivity contribution in [2.75, 3.05) is 12.3 Å². The van der Waals surface area contributed by atoms with Gasteiger partial charge in [0.1, 0.15) is 18.0 Å². The van der Waals surface area contributed by atoms with Gasteiger partial charge < -0.3 is 25.8 Å². The Morgan fingerprint density at radius 3 is 2.80 bits per heavy atom. The van der Waals surface area contributed by atoms with E-state index in [0.29, 0.717) is 4.57 Å². The summed E-state index contributed by atoms with van der Waals surface area (Å²) in [6.07, 6.45) is -7.02. The van der Waals surface area contributed by atoms with E-state index in [1.165, 1.54) is 0 Å². The number of nitrogens with zero attached hydrogens (tertiary/aromatic N) is 2. The van der Waals surface area contributed by atoms with Crippen molar-refractivity contribution < 1.29 is 28.8 Å². The third kappa shape index (κ3) is 2.26. The molecule has 1 fully saturated rings. The summed E-state index contributed by atoms with van der Waals surface area (Å²) in [4.78, 5) is 14.8. The number of aromatic nitrogens is 2. The van der Waals surface area contributed by atoms with Crippen molar-refractivity contribution in [1.82, 2.24) is 9.55 Å². The van der Waals surface area contributed by atoms with E-state index < -0.39 is 42.8 Å². The average Bonchev–Trinajstić information content (AvgIpc) is 2.61. The number of rotatable bonds is 3. The van der Waals surface area contributed by atoms with Gasteiger partial charge in [0.15, 0.2) is 6.10 Å². The molecule has 0 saturated carbocycles. The summed E-state index contributed by atoms with van der Waals surface area (Å²) in [7, 11) is 0. The van der Waals surface area contributed by atoms with Gasteiger partial charge in [-0.05, 0) is 6.07 Å². The quantitative estimate of drug-likeness (QED) is 0.510.